The molecule has 0 spiro atoms. The maximum absolute atomic E-state index is 6.58. The minimum absolute atomic E-state index is 0.858. The van der Waals surface area contributed by atoms with Gasteiger partial charge in [0.25, 0.3) is 0 Å². The molecule has 0 saturated carbocycles. The summed E-state index contributed by atoms with van der Waals surface area (Å²) < 4.78 is 14.8. The van der Waals surface area contributed by atoms with E-state index in [0.29, 0.717) is 0 Å². The molecule has 28 heavy (non-hydrogen) atoms. The van der Waals surface area contributed by atoms with Gasteiger partial charge in [-0.1, -0.05) is 30.3 Å². The number of nitrogens with zero attached hydrogens (tertiary/aromatic N) is 1. The van der Waals surface area contributed by atoms with Crippen molar-refractivity contribution in [2.75, 3.05) is 0 Å². The van der Waals surface area contributed by atoms with Crippen molar-refractivity contribution in [1.29, 1.82) is 0 Å². The largest absolute Gasteiger partial charge is 0.456 e. The number of para-hydroxylation sites is 1. The molecule has 0 unspecified atom stereocenters. The summed E-state index contributed by atoms with van der Waals surface area (Å²) in [6.07, 6.45) is 2.07. The summed E-state index contributed by atoms with van der Waals surface area (Å²) in [6.45, 7) is 2.14. The Morgan fingerprint density at radius 3 is 2.36 bits per heavy atom. The fourth-order valence-corrected chi connectivity index (χ4v) is 4.31. The molecule has 0 N–H and O–H groups in total. The van der Waals surface area contributed by atoms with E-state index < -0.39 is 0 Å². The number of hydrogen-bond acceptors (Lipinski definition) is 2. The standard InChI is InChI=1S/C25H18NO2/c1-15-10-11-16-17-12-13-21-23(18-7-3-4-9-20(18)27-21)25(17)28-24(16)22(15)19-8-5-6-14-26(19)2/h3-14H,1-2H3/q+1. The highest BCUT2D eigenvalue weighted by molar-refractivity contribution is 6.23. The van der Waals surface area contributed by atoms with Crippen molar-refractivity contribution in [2.24, 2.45) is 7.05 Å². The molecule has 6 aromatic rings. The van der Waals surface area contributed by atoms with E-state index in [1.165, 1.54) is 5.56 Å². The molecule has 134 valence electrons. The Balaban J connectivity index is 1.82. The van der Waals surface area contributed by atoms with Crippen molar-refractivity contribution in [3.8, 4) is 11.3 Å². The molecular weight excluding hydrogens is 346 g/mol. The summed E-state index contributed by atoms with van der Waals surface area (Å²) in [5, 5.41) is 4.39. The van der Waals surface area contributed by atoms with Gasteiger partial charge in [0.05, 0.1) is 10.9 Å². The smallest absolute Gasteiger partial charge is 0.216 e. The van der Waals surface area contributed by atoms with Crippen LogP contribution in [0.4, 0.5) is 0 Å². The van der Waals surface area contributed by atoms with Crippen LogP contribution in [0.25, 0.3) is 55.1 Å². The second-order valence-corrected chi connectivity index (χ2v) is 7.35. The quantitative estimate of drug-likeness (QED) is 0.321. The van der Waals surface area contributed by atoms with Gasteiger partial charge in [0.2, 0.25) is 5.69 Å². The van der Waals surface area contributed by atoms with E-state index in [1.807, 2.05) is 24.3 Å². The van der Waals surface area contributed by atoms with Crippen LogP contribution in [0.1, 0.15) is 5.56 Å². The van der Waals surface area contributed by atoms with Gasteiger partial charge in [-0.2, -0.15) is 0 Å². The third-order valence-corrected chi connectivity index (χ3v) is 5.67. The van der Waals surface area contributed by atoms with Crippen LogP contribution in [0, 0.1) is 6.92 Å². The van der Waals surface area contributed by atoms with Gasteiger partial charge in [0.15, 0.2) is 6.20 Å². The zero-order valence-electron chi connectivity index (χ0n) is 15.7. The monoisotopic (exact) mass is 364 g/mol. The molecule has 0 aliphatic carbocycles. The lowest BCUT2D eigenvalue weighted by atomic mass is 10.0. The summed E-state index contributed by atoms with van der Waals surface area (Å²) in [4.78, 5) is 0. The highest BCUT2D eigenvalue weighted by Crippen LogP contribution is 2.42. The van der Waals surface area contributed by atoms with Gasteiger partial charge < -0.3 is 8.83 Å². The number of rotatable bonds is 1. The van der Waals surface area contributed by atoms with Crippen LogP contribution in [0.5, 0.6) is 0 Å². The van der Waals surface area contributed by atoms with E-state index in [9.17, 15) is 0 Å². The zero-order valence-corrected chi connectivity index (χ0v) is 15.7. The molecule has 0 amide bonds. The minimum atomic E-state index is 0.858. The number of aryl methyl sites for hydroxylation is 2. The third kappa shape index (κ3) is 1.96. The molecule has 0 radical (unpaired) electrons. The Hall–Kier alpha value is -3.59. The van der Waals surface area contributed by atoms with Crippen LogP contribution >= 0.6 is 0 Å². The molecule has 0 atom stereocenters. The molecule has 3 nitrogen and oxygen atoms in total. The molecule has 3 heterocycles. The summed E-state index contributed by atoms with van der Waals surface area (Å²) in [7, 11) is 2.07. The Labute approximate surface area is 161 Å². The first-order valence-corrected chi connectivity index (χ1v) is 9.43. The number of fused-ring (bicyclic) bond motifs is 7. The maximum Gasteiger partial charge on any atom is 0.216 e. The number of benzene rings is 3. The van der Waals surface area contributed by atoms with E-state index in [-0.39, 0.29) is 0 Å². The molecule has 3 aromatic heterocycles. The molecule has 6 rings (SSSR count). The van der Waals surface area contributed by atoms with Crippen molar-refractivity contribution in [3.63, 3.8) is 0 Å². The summed E-state index contributed by atoms with van der Waals surface area (Å²) in [5.41, 5.74) is 7.03. The van der Waals surface area contributed by atoms with E-state index in [2.05, 4.69) is 67.2 Å². The van der Waals surface area contributed by atoms with Crippen LogP contribution in [-0.4, -0.2) is 0 Å². The van der Waals surface area contributed by atoms with Crippen LogP contribution in [0.3, 0.4) is 0 Å². The second kappa shape index (κ2) is 5.46. The Bertz CT molecular complexity index is 1530. The Morgan fingerprint density at radius 2 is 1.46 bits per heavy atom. The Morgan fingerprint density at radius 1 is 0.679 bits per heavy atom. The van der Waals surface area contributed by atoms with Gasteiger partial charge >= 0.3 is 0 Å². The first-order valence-electron chi connectivity index (χ1n) is 9.43. The van der Waals surface area contributed by atoms with Crippen LogP contribution in [-0.2, 0) is 7.05 Å². The van der Waals surface area contributed by atoms with Gasteiger partial charge in [-0.25, -0.2) is 4.57 Å². The summed E-state index contributed by atoms with van der Waals surface area (Å²) >= 11 is 0. The van der Waals surface area contributed by atoms with Crippen LogP contribution in [0.2, 0.25) is 0 Å². The fourth-order valence-electron chi connectivity index (χ4n) is 4.31. The second-order valence-electron chi connectivity index (χ2n) is 7.35. The lowest BCUT2D eigenvalue weighted by Gasteiger charge is -2.04. The number of furan rings is 2. The lowest BCUT2D eigenvalue weighted by molar-refractivity contribution is -0.660. The number of aromatic nitrogens is 1. The molecule has 0 saturated heterocycles. The van der Waals surface area contributed by atoms with Crippen molar-refractivity contribution < 1.29 is 13.4 Å². The normalized spacial score (nSPS) is 11.9. The van der Waals surface area contributed by atoms with Crippen molar-refractivity contribution >= 4 is 43.9 Å². The molecule has 0 aliphatic rings. The number of hydrogen-bond donors (Lipinski definition) is 0. The number of pyridine rings is 1. The van der Waals surface area contributed by atoms with Crippen molar-refractivity contribution in [1.82, 2.24) is 0 Å². The van der Waals surface area contributed by atoms with Gasteiger partial charge in [-0.05, 0) is 36.8 Å². The lowest BCUT2D eigenvalue weighted by Crippen LogP contribution is -2.30. The molecule has 3 aromatic carbocycles. The zero-order chi connectivity index (χ0) is 18.8. The van der Waals surface area contributed by atoms with E-state index in [1.54, 1.807) is 0 Å². The summed E-state index contributed by atoms with van der Waals surface area (Å²) in [6, 6.07) is 22.9. The molecule has 3 heteroatoms. The van der Waals surface area contributed by atoms with Crippen LogP contribution < -0.4 is 4.57 Å². The van der Waals surface area contributed by atoms with Gasteiger partial charge in [-0.15, -0.1) is 0 Å². The predicted molar refractivity (Wildman–Crippen MR) is 112 cm³/mol. The average molecular weight is 364 g/mol. The van der Waals surface area contributed by atoms with Crippen molar-refractivity contribution in [3.05, 3.63) is 78.5 Å². The summed E-state index contributed by atoms with van der Waals surface area (Å²) in [5.74, 6) is 0. The molecule has 0 fully saturated rings. The first kappa shape index (κ1) is 15.5. The molecular formula is C25H18NO2+. The Kier molecular flexibility index (Phi) is 3.01. The van der Waals surface area contributed by atoms with E-state index in [0.717, 1.165) is 55.1 Å². The molecule has 0 aliphatic heterocycles. The third-order valence-electron chi connectivity index (χ3n) is 5.67. The minimum Gasteiger partial charge on any atom is -0.456 e. The van der Waals surface area contributed by atoms with Gasteiger partial charge in [0, 0.05) is 28.3 Å². The molecule has 0 bridgehead atoms. The fraction of sp³-hybridized carbons (Fsp3) is 0.0800. The van der Waals surface area contributed by atoms with E-state index >= 15 is 0 Å². The first-order chi connectivity index (χ1) is 13.7. The van der Waals surface area contributed by atoms with Gasteiger partial charge in [0.1, 0.15) is 29.4 Å². The van der Waals surface area contributed by atoms with E-state index in [4.69, 9.17) is 8.83 Å². The highest BCUT2D eigenvalue weighted by atomic mass is 16.3. The van der Waals surface area contributed by atoms with Crippen LogP contribution in [0.15, 0.2) is 81.8 Å². The van der Waals surface area contributed by atoms with Crippen molar-refractivity contribution in [2.45, 2.75) is 6.92 Å². The average Bonchev–Trinajstić information content (AvgIpc) is 3.26. The topological polar surface area (TPSA) is 30.2 Å². The predicted octanol–water partition coefficient (Wildman–Crippen LogP) is 6.29. The SMILES string of the molecule is Cc1ccc2c(oc3c2ccc2oc4ccccc4c23)c1-c1cccc[n+]1C. The van der Waals surface area contributed by atoms with Gasteiger partial charge in [-0.3, -0.25) is 0 Å². The highest BCUT2D eigenvalue weighted by Gasteiger charge is 2.22. The maximum atomic E-state index is 6.58.